The highest BCUT2D eigenvalue weighted by Crippen LogP contribution is 2.20. The van der Waals surface area contributed by atoms with E-state index in [9.17, 15) is 12.8 Å². The second-order valence-electron chi connectivity index (χ2n) is 5.44. The molecule has 128 valence electrons. The Kier molecular flexibility index (Phi) is 4.67. The molecule has 0 amide bonds. The van der Waals surface area contributed by atoms with E-state index in [4.69, 9.17) is 0 Å². The van der Waals surface area contributed by atoms with E-state index in [-0.39, 0.29) is 10.5 Å². The molecular weight excluding hydrogens is 341 g/mol. The molecule has 3 aromatic rings. The van der Waals surface area contributed by atoms with Crippen LogP contribution in [0, 0.1) is 12.7 Å². The Hall–Kier alpha value is -2.93. The van der Waals surface area contributed by atoms with Gasteiger partial charge in [-0.1, -0.05) is 18.2 Å². The Bertz CT molecular complexity index is 975. The van der Waals surface area contributed by atoms with E-state index in [0.29, 0.717) is 11.5 Å². The zero-order valence-electron chi connectivity index (χ0n) is 13.4. The summed E-state index contributed by atoms with van der Waals surface area (Å²) in [5, 5.41) is 3.11. The molecule has 0 spiro atoms. The van der Waals surface area contributed by atoms with E-state index in [1.54, 1.807) is 12.1 Å². The number of benzene rings is 2. The first-order valence-electron chi connectivity index (χ1n) is 7.51. The molecule has 0 radical (unpaired) electrons. The van der Waals surface area contributed by atoms with Gasteiger partial charge in [0.25, 0.3) is 10.0 Å². The molecule has 2 N–H and O–H groups in total. The van der Waals surface area contributed by atoms with Gasteiger partial charge in [-0.3, -0.25) is 4.72 Å². The van der Waals surface area contributed by atoms with Crippen molar-refractivity contribution >= 4 is 27.2 Å². The first-order valence-corrected chi connectivity index (χ1v) is 8.99. The number of rotatable bonds is 5. The predicted octanol–water partition coefficient (Wildman–Crippen LogP) is 4.07. The quantitative estimate of drug-likeness (QED) is 0.722. The van der Waals surface area contributed by atoms with Crippen LogP contribution in [-0.4, -0.2) is 13.4 Å². The van der Waals surface area contributed by atoms with Crippen LogP contribution in [0.4, 0.5) is 21.6 Å². The van der Waals surface area contributed by atoms with Gasteiger partial charge >= 0.3 is 0 Å². The van der Waals surface area contributed by atoms with Crippen molar-refractivity contribution in [3.63, 3.8) is 0 Å². The number of nitrogens with zero attached hydrogens (tertiary/aromatic N) is 1. The predicted molar refractivity (Wildman–Crippen MR) is 95.9 cm³/mol. The van der Waals surface area contributed by atoms with Crippen LogP contribution in [0.15, 0.2) is 71.8 Å². The van der Waals surface area contributed by atoms with Crippen LogP contribution in [0.3, 0.4) is 0 Å². The number of aromatic nitrogens is 1. The number of hydrogen-bond acceptors (Lipinski definition) is 4. The van der Waals surface area contributed by atoms with E-state index in [2.05, 4.69) is 15.0 Å². The minimum absolute atomic E-state index is 0.00196. The summed E-state index contributed by atoms with van der Waals surface area (Å²) in [5.41, 5.74) is 1.47. The topological polar surface area (TPSA) is 71.1 Å². The summed E-state index contributed by atoms with van der Waals surface area (Å²) >= 11 is 0. The van der Waals surface area contributed by atoms with Crippen LogP contribution >= 0.6 is 0 Å². The fraction of sp³-hybridized carbons (Fsp3) is 0.0556. The van der Waals surface area contributed by atoms with Gasteiger partial charge in [0.15, 0.2) is 0 Å². The Morgan fingerprint density at radius 1 is 0.960 bits per heavy atom. The SMILES string of the molecule is Cc1cc(S(=O)(=O)Nc2ccc(Nc3ccccc3)nc2)ccc1F. The average molecular weight is 357 g/mol. The van der Waals surface area contributed by atoms with Crippen molar-refractivity contribution in [2.45, 2.75) is 11.8 Å². The van der Waals surface area contributed by atoms with Crippen LogP contribution in [-0.2, 0) is 10.0 Å². The molecule has 1 heterocycles. The van der Waals surface area contributed by atoms with E-state index in [1.807, 2.05) is 30.3 Å². The molecule has 0 unspecified atom stereocenters. The van der Waals surface area contributed by atoms with Crippen molar-refractivity contribution in [2.75, 3.05) is 10.0 Å². The molecule has 0 saturated carbocycles. The van der Waals surface area contributed by atoms with E-state index in [1.165, 1.54) is 25.3 Å². The summed E-state index contributed by atoms with van der Waals surface area (Å²) in [4.78, 5) is 4.18. The lowest BCUT2D eigenvalue weighted by Crippen LogP contribution is -2.13. The lowest BCUT2D eigenvalue weighted by molar-refractivity contribution is 0.598. The lowest BCUT2D eigenvalue weighted by atomic mass is 10.2. The Labute approximate surface area is 145 Å². The smallest absolute Gasteiger partial charge is 0.261 e. The molecule has 25 heavy (non-hydrogen) atoms. The summed E-state index contributed by atoms with van der Waals surface area (Å²) in [5.74, 6) is 0.142. The number of para-hydroxylation sites is 1. The second kappa shape index (κ2) is 6.90. The first-order chi connectivity index (χ1) is 11.9. The molecule has 7 heteroatoms. The van der Waals surface area contributed by atoms with Crippen molar-refractivity contribution in [1.29, 1.82) is 0 Å². The standard InChI is InChI=1S/C18H16FN3O2S/c1-13-11-16(8-9-17(13)19)25(23,24)22-15-7-10-18(20-12-15)21-14-5-3-2-4-6-14/h2-12,22H,1H3,(H,20,21). The molecular formula is C18H16FN3O2S. The van der Waals surface area contributed by atoms with E-state index < -0.39 is 15.8 Å². The average Bonchev–Trinajstić information content (AvgIpc) is 2.60. The number of halogens is 1. The molecule has 0 fully saturated rings. The molecule has 0 atom stereocenters. The summed E-state index contributed by atoms with van der Waals surface area (Å²) in [6, 6.07) is 16.4. The molecule has 3 rings (SSSR count). The van der Waals surface area contributed by atoms with Crippen LogP contribution in [0.2, 0.25) is 0 Å². The molecule has 0 aliphatic carbocycles. The van der Waals surface area contributed by atoms with Gasteiger partial charge < -0.3 is 5.32 Å². The van der Waals surface area contributed by atoms with Gasteiger partial charge in [0.1, 0.15) is 11.6 Å². The molecule has 1 aromatic heterocycles. The maximum Gasteiger partial charge on any atom is 0.261 e. The van der Waals surface area contributed by atoms with Crippen LogP contribution in [0.25, 0.3) is 0 Å². The third-order valence-corrected chi connectivity index (χ3v) is 4.88. The number of sulfonamides is 1. The Morgan fingerprint density at radius 3 is 2.36 bits per heavy atom. The van der Waals surface area contributed by atoms with Gasteiger partial charge in [-0.15, -0.1) is 0 Å². The maximum absolute atomic E-state index is 13.3. The van der Waals surface area contributed by atoms with Gasteiger partial charge in [-0.05, 0) is 55.0 Å². The van der Waals surface area contributed by atoms with Gasteiger partial charge in [0.05, 0.1) is 16.8 Å². The van der Waals surface area contributed by atoms with Crippen LogP contribution in [0.5, 0.6) is 0 Å². The van der Waals surface area contributed by atoms with Gasteiger partial charge in [-0.25, -0.2) is 17.8 Å². The van der Waals surface area contributed by atoms with Crippen molar-refractivity contribution in [3.8, 4) is 0 Å². The zero-order valence-corrected chi connectivity index (χ0v) is 14.2. The van der Waals surface area contributed by atoms with Gasteiger partial charge in [0, 0.05) is 5.69 Å². The third kappa shape index (κ3) is 4.13. The highest BCUT2D eigenvalue weighted by atomic mass is 32.2. The van der Waals surface area contributed by atoms with Gasteiger partial charge in [0.2, 0.25) is 0 Å². The highest BCUT2D eigenvalue weighted by Gasteiger charge is 2.15. The summed E-state index contributed by atoms with van der Waals surface area (Å²) < 4.78 is 40.5. The van der Waals surface area contributed by atoms with Crippen molar-refractivity contribution in [1.82, 2.24) is 4.98 Å². The lowest BCUT2D eigenvalue weighted by Gasteiger charge is -2.10. The minimum Gasteiger partial charge on any atom is -0.340 e. The van der Waals surface area contributed by atoms with Crippen LogP contribution in [0.1, 0.15) is 5.56 Å². The molecule has 0 aliphatic rings. The monoisotopic (exact) mass is 357 g/mol. The normalized spacial score (nSPS) is 11.1. The maximum atomic E-state index is 13.3. The van der Waals surface area contributed by atoms with Crippen LogP contribution < -0.4 is 10.0 Å². The number of aryl methyl sites for hydroxylation is 1. The molecule has 0 saturated heterocycles. The van der Waals surface area contributed by atoms with Crippen molar-refractivity contribution in [2.24, 2.45) is 0 Å². The van der Waals surface area contributed by atoms with Crippen molar-refractivity contribution < 1.29 is 12.8 Å². The number of anilines is 3. The summed E-state index contributed by atoms with van der Waals surface area (Å²) in [6.07, 6.45) is 1.42. The summed E-state index contributed by atoms with van der Waals surface area (Å²) in [7, 11) is -3.80. The second-order valence-corrected chi connectivity index (χ2v) is 7.12. The van der Waals surface area contributed by atoms with E-state index >= 15 is 0 Å². The van der Waals surface area contributed by atoms with E-state index in [0.717, 1.165) is 11.8 Å². The number of nitrogens with one attached hydrogen (secondary N) is 2. The molecule has 5 nitrogen and oxygen atoms in total. The third-order valence-electron chi connectivity index (χ3n) is 3.50. The number of hydrogen-bond donors (Lipinski definition) is 2. The van der Waals surface area contributed by atoms with Gasteiger partial charge in [-0.2, -0.15) is 0 Å². The molecule has 0 bridgehead atoms. The fourth-order valence-electron chi connectivity index (χ4n) is 2.20. The highest BCUT2D eigenvalue weighted by molar-refractivity contribution is 7.92. The van der Waals surface area contributed by atoms with Crippen molar-refractivity contribution in [3.05, 3.63) is 78.2 Å². The zero-order chi connectivity index (χ0) is 17.9. The Balaban J connectivity index is 1.75. The summed E-state index contributed by atoms with van der Waals surface area (Å²) in [6.45, 7) is 1.51. The fourth-order valence-corrected chi connectivity index (χ4v) is 3.32. The molecule has 2 aromatic carbocycles. The first kappa shape index (κ1) is 16.9. The Morgan fingerprint density at radius 2 is 1.72 bits per heavy atom. The minimum atomic E-state index is -3.80. The molecule has 0 aliphatic heterocycles. The largest absolute Gasteiger partial charge is 0.340 e. The number of pyridine rings is 1.